The van der Waals surface area contributed by atoms with E-state index in [1.807, 2.05) is 0 Å². The first-order valence-corrected chi connectivity index (χ1v) is 5.85. The molecule has 1 unspecified atom stereocenters. The maximum atomic E-state index is 6.07. The zero-order valence-electron chi connectivity index (χ0n) is 10.4. The second kappa shape index (κ2) is 3.72. The van der Waals surface area contributed by atoms with E-state index in [0.717, 1.165) is 32.7 Å². The van der Waals surface area contributed by atoms with Gasteiger partial charge in [-0.25, -0.2) is 0 Å². The van der Waals surface area contributed by atoms with Crippen LogP contribution in [0.3, 0.4) is 0 Å². The van der Waals surface area contributed by atoms with Crippen molar-refractivity contribution in [3.05, 3.63) is 0 Å². The lowest BCUT2D eigenvalue weighted by Crippen LogP contribution is -2.61. The van der Waals surface area contributed by atoms with Gasteiger partial charge in [0.25, 0.3) is 0 Å². The molecule has 2 aliphatic rings. The van der Waals surface area contributed by atoms with E-state index in [4.69, 9.17) is 9.47 Å². The van der Waals surface area contributed by atoms with Crippen molar-refractivity contribution in [2.45, 2.75) is 38.9 Å². The van der Waals surface area contributed by atoms with E-state index in [0.29, 0.717) is 0 Å². The molecule has 1 spiro atoms. The molecule has 2 saturated heterocycles. The molecule has 15 heavy (non-hydrogen) atoms. The van der Waals surface area contributed by atoms with Gasteiger partial charge in [-0.05, 0) is 12.5 Å². The molecular formula is C12H23NO2. The van der Waals surface area contributed by atoms with Gasteiger partial charge in [-0.2, -0.15) is 0 Å². The van der Waals surface area contributed by atoms with E-state index in [1.165, 1.54) is 0 Å². The highest BCUT2D eigenvalue weighted by molar-refractivity contribution is 4.97. The van der Waals surface area contributed by atoms with Crippen molar-refractivity contribution >= 4 is 0 Å². The highest BCUT2D eigenvalue weighted by Gasteiger charge is 2.45. The first-order chi connectivity index (χ1) is 6.91. The second-order valence-electron chi connectivity index (χ2n) is 6.14. The quantitative estimate of drug-likeness (QED) is 0.609. The Balaban J connectivity index is 1.93. The Bertz CT molecular complexity index is 228. The molecule has 3 heteroatoms. The van der Waals surface area contributed by atoms with E-state index >= 15 is 0 Å². The number of ether oxygens (including phenoxy) is 2. The number of hydrogen-bond acceptors (Lipinski definition) is 3. The molecule has 0 aliphatic carbocycles. The van der Waals surface area contributed by atoms with Crippen LogP contribution in [0.2, 0.25) is 0 Å². The van der Waals surface area contributed by atoms with Crippen LogP contribution in [0.25, 0.3) is 0 Å². The lowest BCUT2D eigenvalue weighted by atomic mass is 9.89. The standard InChI is InChI=1S/C12H23NO2/c1-11(2,3)10-7-15-12(5-6-14-10)8-13(4)9-12/h10H,5-9H2,1-4H3. The average Bonchev–Trinajstić information content (AvgIpc) is 2.25. The summed E-state index contributed by atoms with van der Waals surface area (Å²) in [6.07, 6.45) is 1.28. The summed E-state index contributed by atoms with van der Waals surface area (Å²) in [4.78, 5) is 2.30. The minimum absolute atomic E-state index is 0.106. The normalized spacial score (nSPS) is 32.4. The predicted octanol–water partition coefficient (Wildman–Crippen LogP) is 1.52. The van der Waals surface area contributed by atoms with Gasteiger partial charge >= 0.3 is 0 Å². The van der Waals surface area contributed by atoms with Crippen LogP contribution in [0.1, 0.15) is 27.2 Å². The smallest absolute Gasteiger partial charge is 0.0957 e. The maximum Gasteiger partial charge on any atom is 0.0957 e. The van der Waals surface area contributed by atoms with Crippen molar-refractivity contribution < 1.29 is 9.47 Å². The molecule has 0 aromatic carbocycles. The van der Waals surface area contributed by atoms with Gasteiger partial charge < -0.3 is 14.4 Å². The van der Waals surface area contributed by atoms with Crippen LogP contribution in [0.5, 0.6) is 0 Å². The zero-order valence-corrected chi connectivity index (χ0v) is 10.4. The molecule has 2 aliphatic heterocycles. The van der Waals surface area contributed by atoms with Gasteiger partial charge in [0.1, 0.15) is 0 Å². The maximum absolute atomic E-state index is 6.07. The Morgan fingerprint density at radius 1 is 1.27 bits per heavy atom. The third kappa shape index (κ3) is 2.35. The zero-order chi connectivity index (χ0) is 11.1. The summed E-state index contributed by atoms with van der Waals surface area (Å²) in [5, 5.41) is 0. The van der Waals surface area contributed by atoms with E-state index < -0.39 is 0 Å². The molecule has 2 rings (SSSR count). The molecule has 1 atom stereocenters. The van der Waals surface area contributed by atoms with Gasteiger partial charge in [-0.15, -0.1) is 0 Å². The Kier molecular flexibility index (Phi) is 2.82. The van der Waals surface area contributed by atoms with Crippen molar-refractivity contribution in [2.75, 3.05) is 33.4 Å². The van der Waals surface area contributed by atoms with Crippen molar-refractivity contribution in [2.24, 2.45) is 5.41 Å². The molecule has 0 N–H and O–H groups in total. The fourth-order valence-corrected chi connectivity index (χ4v) is 2.45. The average molecular weight is 213 g/mol. The molecule has 0 radical (unpaired) electrons. The number of rotatable bonds is 0. The fraction of sp³-hybridized carbons (Fsp3) is 1.00. The van der Waals surface area contributed by atoms with E-state index in [1.54, 1.807) is 0 Å². The second-order valence-corrected chi connectivity index (χ2v) is 6.14. The Morgan fingerprint density at radius 2 is 1.93 bits per heavy atom. The summed E-state index contributed by atoms with van der Waals surface area (Å²) >= 11 is 0. The van der Waals surface area contributed by atoms with Crippen LogP contribution in [-0.2, 0) is 9.47 Å². The van der Waals surface area contributed by atoms with Crippen molar-refractivity contribution in [1.29, 1.82) is 0 Å². The summed E-state index contributed by atoms with van der Waals surface area (Å²) in [6, 6.07) is 0. The summed E-state index contributed by atoms with van der Waals surface area (Å²) < 4.78 is 12.0. The molecule has 0 bridgehead atoms. The number of nitrogens with zero attached hydrogens (tertiary/aromatic N) is 1. The highest BCUT2D eigenvalue weighted by atomic mass is 16.6. The summed E-state index contributed by atoms with van der Waals surface area (Å²) in [6.45, 7) is 10.4. The molecule has 3 nitrogen and oxygen atoms in total. The van der Waals surface area contributed by atoms with Gasteiger partial charge in [0.05, 0.1) is 18.3 Å². The Labute approximate surface area is 92.7 Å². The van der Waals surface area contributed by atoms with Crippen LogP contribution >= 0.6 is 0 Å². The minimum Gasteiger partial charge on any atom is -0.375 e. The van der Waals surface area contributed by atoms with Crippen LogP contribution in [0.15, 0.2) is 0 Å². The monoisotopic (exact) mass is 213 g/mol. The van der Waals surface area contributed by atoms with Crippen LogP contribution < -0.4 is 0 Å². The third-order valence-electron chi connectivity index (χ3n) is 3.50. The fourth-order valence-electron chi connectivity index (χ4n) is 2.45. The predicted molar refractivity (Wildman–Crippen MR) is 60.0 cm³/mol. The highest BCUT2D eigenvalue weighted by Crippen LogP contribution is 2.33. The van der Waals surface area contributed by atoms with Gasteiger partial charge in [-0.1, -0.05) is 20.8 Å². The van der Waals surface area contributed by atoms with E-state index in [9.17, 15) is 0 Å². The Morgan fingerprint density at radius 3 is 2.47 bits per heavy atom. The third-order valence-corrected chi connectivity index (χ3v) is 3.50. The number of hydrogen-bond donors (Lipinski definition) is 0. The van der Waals surface area contributed by atoms with Gasteiger partial charge in [0, 0.05) is 26.1 Å². The molecule has 0 saturated carbocycles. The van der Waals surface area contributed by atoms with E-state index in [2.05, 4.69) is 32.7 Å². The molecule has 88 valence electrons. The number of likely N-dealkylation sites (tertiary alicyclic amines) is 1. The van der Waals surface area contributed by atoms with Gasteiger partial charge in [0.2, 0.25) is 0 Å². The topological polar surface area (TPSA) is 21.7 Å². The van der Waals surface area contributed by atoms with Crippen LogP contribution in [0, 0.1) is 5.41 Å². The molecule has 0 amide bonds. The Hall–Kier alpha value is -0.120. The van der Waals surface area contributed by atoms with Crippen molar-refractivity contribution in [3.63, 3.8) is 0 Å². The molecule has 2 fully saturated rings. The first kappa shape index (κ1) is 11.4. The molecule has 0 aromatic heterocycles. The van der Waals surface area contributed by atoms with E-state index in [-0.39, 0.29) is 17.1 Å². The van der Waals surface area contributed by atoms with Crippen molar-refractivity contribution in [1.82, 2.24) is 4.90 Å². The number of likely N-dealkylation sites (N-methyl/N-ethyl adjacent to an activating group) is 1. The summed E-state index contributed by atoms with van der Waals surface area (Å²) in [7, 11) is 2.14. The van der Waals surface area contributed by atoms with Crippen LogP contribution in [-0.4, -0.2) is 50.0 Å². The molecular weight excluding hydrogens is 190 g/mol. The summed E-state index contributed by atoms with van der Waals surface area (Å²) in [5.41, 5.74) is 0.288. The van der Waals surface area contributed by atoms with Crippen molar-refractivity contribution in [3.8, 4) is 0 Å². The SMILES string of the molecule is CN1CC2(CCOC(C(C)(C)C)CO2)C1. The summed E-state index contributed by atoms with van der Waals surface area (Å²) in [5.74, 6) is 0. The molecule has 2 heterocycles. The lowest BCUT2D eigenvalue weighted by Gasteiger charge is -2.47. The first-order valence-electron chi connectivity index (χ1n) is 5.85. The largest absolute Gasteiger partial charge is 0.375 e. The molecule has 0 aromatic rings. The minimum atomic E-state index is 0.106. The van der Waals surface area contributed by atoms with Gasteiger partial charge in [-0.3, -0.25) is 0 Å². The van der Waals surface area contributed by atoms with Gasteiger partial charge in [0.15, 0.2) is 0 Å². The lowest BCUT2D eigenvalue weighted by molar-refractivity contribution is -0.143. The van der Waals surface area contributed by atoms with Crippen LogP contribution in [0.4, 0.5) is 0 Å².